The Balaban J connectivity index is 1.45. The standard InChI is InChI=1S/C31H35Cl2N5O4/c1-21(39)36-26-8-6-23(7-9-26)22-2-4-24(5-3-22)25(18-37-12-14-42-15-13-37)17-35-31(41)20-38(19-30(34)40)27-10-11-28(32)29(33)16-27/h2-11,16,25H,12-15,17-20H2,1H3,(H2,34,40)(H,35,41)(H,36,39). The Kier molecular flexibility index (Phi) is 11.2. The van der Waals surface area contributed by atoms with Crippen LogP contribution in [0.3, 0.4) is 0 Å². The summed E-state index contributed by atoms with van der Waals surface area (Å²) in [6, 6.07) is 20.9. The van der Waals surface area contributed by atoms with Crippen molar-refractivity contribution in [3.63, 3.8) is 0 Å². The van der Waals surface area contributed by atoms with Gasteiger partial charge in [-0.15, -0.1) is 0 Å². The molecule has 42 heavy (non-hydrogen) atoms. The van der Waals surface area contributed by atoms with Crippen LogP contribution in [-0.4, -0.2) is 75.1 Å². The predicted molar refractivity (Wildman–Crippen MR) is 167 cm³/mol. The fourth-order valence-electron chi connectivity index (χ4n) is 4.85. The van der Waals surface area contributed by atoms with Gasteiger partial charge in [-0.05, 0) is 47.0 Å². The van der Waals surface area contributed by atoms with Crippen LogP contribution in [-0.2, 0) is 19.1 Å². The molecule has 4 rings (SSSR count). The summed E-state index contributed by atoms with van der Waals surface area (Å²) in [5, 5.41) is 6.53. The van der Waals surface area contributed by atoms with Gasteiger partial charge in [0.2, 0.25) is 17.7 Å². The lowest BCUT2D eigenvalue weighted by atomic mass is 9.95. The number of morpholine rings is 1. The van der Waals surface area contributed by atoms with Crippen molar-refractivity contribution in [1.29, 1.82) is 0 Å². The van der Waals surface area contributed by atoms with Crippen LogP contribution in [0.5, 0.6) is 0 Å². The number of nitrogens with two attached hydrogens (primary N) is 1. The number of rotatable bonds is 12. The molecule has 1 saturated heterocycles. The van der Waals surface area contributed by atoms with Crippen molar-refractivity contribution < 1.29 is 19.1 Å². The number of hydrogen-bond donors (Lipinski definition) is 3. The monoisotopic (exact) mass is 611 g/mol. The smallest absolute Gasteiger partial charge is 0.239 e. The van der Waals surface area contributed by atoms with E-state index in [1.54, 1.807) is 23.1 Å². The van der Waals surface area contributed by atoms with E-state index in [9.17, 15) is 14.4 Å². The first-order valence-electron chi connectivity index (χ1n) is 13.7. The van der Waals surface area contributed by atoms with Gasteiger partial charge >= 0.3 is 0 Å². The molecule has 0 radical (unpaired) electrons. The maximum atomic E-state index is 13.1. The second-order valence-electron chi connectivity index (χ2n) is 10.2. The third-order valence-electron chi connectivity index (χ3n) is 7.00. The fraction of sp³-hybridized carbons (Fsp3) is 0.323. The van der Waals surface area contributed by atoms with Crippen LogP contribution in [0, 0.1) is 0 Å². The largest absolute Gasteiger partial charge is 0.379 e. The van der Waals surface area contributed by atoms with E-state index in [4.69, 9.17) is 33.7 Å². The highest BCUT2D eigenvalue weighted by Crippen LogP contribution is 2.28. The zero-order chi connectivity index (χ0) is 30.1. The first kappa shape index (κ1) is 31.3. The SMILES string of the molecule is CC(=O)Nc1ccc(-c2ccc(C(CNC(=O)CN(CC(N)=O)c3ccc(Cl)c(Cl)c3)CN3CCOCC3)cc2)cc1. The molecule has 0 spiro atoms. The van der Waals surface area contributed by atoms with Gasteiger partial charge in [0.1, 0.15) is 0 Å². The summed E-state index contributed by atoms with van der Waals surface area (Å²) in [6.07, 6.45) is 0. The quantitative estimate of drug-likeness (QED) is 0.283. The molecule has 11 heteroatoms. The van der Waals surface area contributed by atoms with Crippen LogP contribution in [0.1, 0.15) is 18.4 Å². The Labute approximate surface area is 255 Å². The molecule has 1 heterocycles. The summed E-state index contributed by atoms with van der Waals surface area (Å²) in [5.74, 6) is -0.896. The van der Waals surface area contributed by atoms with E-state index in [0.717, 1.165) is 42.0 Å². The van der Waals surface area contributed by atoms with Gasteiger partial charge in [-0.2, -0.15) is 0 Å². The number of ether oxygens (including phenoxy) is 1. The van der Waals surface area contributed by atoms with Crippen LogP contribution in [0.4, 0.5) is 11.4 Å². The number of benzene rings is 3. The minimum Gasteiger partial charge on any atom is -0.379 e. The summed E-state index contributed by atoms with van der Waals surface area (Å²) in [7, 11) is 0. The molecule has 0 bridgehead atoms. The van der Waals surface area contributed by atoms with E-state index in [1.165, 1.54) is 6.92 Å². The van der Waals surface area contributed by atoms with Crippen molar-refractivity contribution in [2.45, 2.75) is 12.8 Å². The minimum atomic E-state index is -0.566. The van der Waals surface area contributed by atoms with Gasteiger partial charge in [0.05, 0.1) is 36.3 Å². The summed E-state index contributed by atoms with van der Waals surface area (Å²) >= 11 is 12.2. The number of primary amides is 1. The molecule has 3 aromatic carbocycles. The van der Waals surface area contributed by atoms with E-state index in [-0.39, 0.29) is 30.8 Å². The number of anilines is 2. The number of nitrogens with zero attached hydrogens (tertiary/aromatic N) is 2. The lowest BCUT2D eigenvalue weighted by Gasteiger charge is -2.31. The van der Waals surface area contributed by atoms with Crippen molar-refractivity contribution in [3.05, 3.63) is 82.3 Å². The topological polar surface area (TPSA) is 117 Å². The maximum Gasteiger partial charge on any atom is 0.239 e. The van der Waals surface area contributed by atoms with Gasteiger partial charge in [0, 0.05) is 50.4 Å². The second-order valence-corrected chi connectivity index (χ2v) is 11.0. The molecule has 1 aliphatic heterocycles. The van der Waals surface area contributed by atoms with Crippen LogP contribution in [0.2, 0.25) is 10.0 Å². The van der Waals surface area contributed by atoms with Crippen LogP contribution >= 0.6 is 23.2 Å². The van der Waals surface area contributed by atoms with Gasteiger partial charge in [-0.1, -0.05) is 59.6 Å². The summed E-state index contributed by atoms with van der Waals surface area (Å²) in [5.41, 5.74) is 9.95. The molecule has 1 atom stereocenters. The molecule has 1 aliphatic rings. The third-order valence-corrected chi connectivity index (χ3v) is 7.74. The normalized spacial score (nSPS) is 14.2. The van der Waals surface area contributed by atoms with E-state index in [2.05, 4.69) is 39.8 Å². The van der Waals surface area contributed by atoms with Crippen molar-refractivity contribution in [2.75, 3.05) is 62.7 Å². The lowest BCUT2D eigenvalue weighted by molar-refractivity contribution is -0.120. The highest BCUT2D eigenvalue weighted by atomic mass is 35.5. The molecule has 0 aromatic heterocycles. The molecule has 1 fully saturated rings. The molecule has 222 valence electrons. The molecular formula is C31H35Cl2N5O4. The van der Waals surface area contributed by atoms with Gasteiger partial charge < -0.3 is 26.0 Å². The van der Waals surface area contributed by atoms with Crippen LogP contribution in [0.15, 0.2) is 66.7 Å². The van der Waals surface area contributed by atoms with Crippen molar-refractivity contribution in [3.8, 4) is 11.1 Å². The number of hydrogen-bond acceptors (Lipinski definition) is 6. The van der Waals surface area contributed by atoms with Crippen LogP contribution < -0.4 is 21.3 Å². The number of nitrogens with one attached hydrogen (secondary N) is 2. The maximum absolute atomic E-state index is 13.1. The van der Waals surface area contributed by atoms with E-state index in [0.29, 0.717) is 35.5 Å². The minimum absolute atomic E-state index is 0.0257. The fourth-order valence-corrected chi connectivity index (χ4v) is 5.15. The Morgan fingerprint density at radius 1 is 0.929 bits per heavy atom. The zero-order valence-electron chi connectivity index (χ0n) is 23.4. The molecule has 4 N–H and O–H groups in total. The Morgan fingerprint density at radius 3 is 2.17 bits per heavy atom. The van der Waals surface area contributed by atoms with Crippen molar-refractivity contribution >= 4 is 52.3 Å². The lowest BCUT2D eigenvalue weighted by Crippen LogP contribution is -2.44. The van der Waals surface area contributed by atoms with E-state index in [1.807, 2.05) is 24.3 Å². The molecule has 3 aromatic rings. The average Bonchev–Trinajstić information content (AvgIpc) is 2.97. The molecule has 9 nitrogen and oxygen atoms in total. The van der Waals surface area contributed by atoms with Gasteiger partial charge in [-0.25, -0.2) is 0 Å². The first-order valence-corrected chi connectivity index (χ1v) is 14.5. The van der Waals surface area contributed by atoms with Gasteiger partial charge in [-0.3, -0.25) is 19.3 Å². The van der Waals surface area contributed by atoms with Gasteiger partial charge in [0.15, 0.2) is 0 Å². The highest BCUT2D eigenvalue weighted by Gasteiger charge is 2.21. The summed E-state index contributed by atoms with van der Waals surface area (Å²) < 4.78 is 5.52. The Bertz CT molecular complexity index is 1380. The third kappa shape index (κ3) is 9.19. The highest BCUT2D eigenvalue weighted by molar-refractivity contribution is 6.42. The van der Waals surface area contributed by atoms with Gasteiger partial charge in [0.25, 0.3) is 0 Å². The van der Waals surface area contributed by atoms with Crippen molar-refractivity contribution in [2.24, 2.45) is 5.73 Å². The summed E-state index contributed by atoms with van der Waals surface area (Å²) in [4.78, 5) is 40.1. The predicted octanol–water partition coefficient (Wildman–Crippen LogP) is 4.14. The Morgan fingerprint density at radius 2 is 1.57 bits per heavy atom. The molecule has 3 amide bonds. The van der Waals surface area contributed by atoms with E-state index >= 15 is 0 Å². The number of amides is 3. The second kappa shape index (κ2) is 15.0. The number of halogens is 2. The molecule has 0 saturated carbocycles. The number of carbonyl (C=O) groups excluding carboxylic acids is 3. The van der Waals surface area contributed by atoms with Crippen molar-refractivity contribution in [1.82, 2.24) is 10.2 Å². The van der Waals surface area contributed by atoms with E-state index < -0.39 is 5.91 Å². The molecule has 1 unspecified atom stereocenters. The zero-order valence-corrected chi connectivity index (χ0v) is 25.0. The summed E-state index contributed by atoms with van der Waals surface area (Å²) in [6.45, 7) is 5.44. The average molecular weight is 613 g/mol. The first-order chi connectivity index (χ1) is 20.2. The molecule has 0 aliphatic carbocycles. The van der Waals surface area contributed by atoms with Crippen LogP contribution in [0.25, 0.3) is 11.1 Å². The molecular weight excluding hydrogens is 577 g/mol. The Hall–Kier alpha value is -3.63. The number of carbonyl (C=O) groups is 3.